The van der Waals surface area contributed by atoms with Crippen LogP contribution in [0.1, 0.15) is 44.5 Å². The van der Waals surface area contributed by atoms with Gasteiger partial charge >= 0.3 is 0 Å². The lowest BCUT2D eigenvalue weighted by Gasteiger charge is -2.02. The van der Waals surface area contributed by atoms with Crippen LogP contribution in [0.2, 0.25) is 0 Å². The maximum atomic E-state index is 11.9. The first kappa shape index (κ1) is 19.0. The number of aromatic nitrogens is 1. The average molecular weight is 285 g/mol. The van der Waals surface area contributed by atoms with Crippen molar-refractivity contribution >= 4 is 5.78 Å². The van der Waals surface area contributed by atoms with Gasteiger partial charge < -0.3 is 0 Å². The van der Waals surface area contributed by atoms with Gasteiger partial charge in [0.25, 0.3) is 0 Å². The highest BCUT2D eigenvalue weighted by Crippen LogP contribution is 2.06. The van der Waals surface area contributed by atoms with Crippen molar-refractivity contribution in [2.45, 2.75) is 47.5 Å². The molecule has 0 saturated heterocycles. The molecule has 1 aromatic carbocycles. The SMILES string of the molecule is CC.CC.Cc1cc(CC(=O)Cc2ccccc2)ccn1. The number of nitrogens with zero attached hydrogens (tertiary/aromatic N) is 1. The number of ketones is 1. The van der Waals surface area contributed by atoms with E-state index in [0.717, 1.165) is 16.8 Å². The Hall–Kier alpha value is -1.96. The van der Waals surface area contributed by atoms with Crippen LogP contribution in [-0.4, -0.2) is 10.8 Å². The van der Waals surface area contributed by atoms with E-state index in [4.69, 9.17) is 0 Å². The number of pyridine rings is 1. The minimum atomic E-state index is 0.238. The van der Waals surface area contributed by atoms with Crippen LogP contribution in [0.25, 0.3) is 0 Å². The number of aryl methyl sites for hydroxylation is 1. The number of hydrogen-bond acceptors (Lipinski definition) is 2. The molecule has 0 aliphatic heterocycles. The third-order valence-corrected chi connectivity index (χ3v) is 2.61. The van der Waals surface area contributed by atoms with Crippen LogP contribution in [0.4, 0.5) is 0 Å². The summed E-state index contributed by atoms with van der Waals surface area (Å²) in [5, 5.41) is 0. The zero-order valence-corrected chi connectivity index (χ0v) is 13.9. The fourth-order valence-electron chi connectivity index (χ4n) is 1.83. The molecule has 0 spiro atoms. The maximum Gasteiger partial charge on any atom is 0.141 e. The van der Waals surface area contributed by atoms with Gasteiger partial charge in [0.2, 0.25) is 0 Å². The van der Waals surface area contributed by atoms with Crippen molar-refractivity contribution in [1.82, 2.24) is 4.98 Å². The van der Waals surface area contributed by atoms with E-state index >= 15 is 0 Å². The average Bonchev–Trinajstić information content (AvgIpc) is 2.52. The van der Waals surface area contributed by atoms with E-state index in [1.807, 2.05) is 77.1 Å². The summed E-state index contributed by atoms with van der Waals surface area (Å²) in [6, 6.07) is 13.7. The molecule has 114 valence electrons. The largest absolute Gasteiger partial charge is 0.299 e. The lowest BCUT2D eigenvalue weighted by atomic mass is 10.0. The van der Waals surface area contributed by atoms with Crippen molar-refractivity contribution in [2.24, 2.45) is 0 Å². The molecule has 0 aliphatic carbocycles. The van der Waals surface area contributed by atoms with E-state index in [1.165, 1.54) is 0 Å². The summed E-state index contributed by atoms with van der Waals surface area (Å²) in [7, 11) is 0. The molecular weight excluding hydrogens is 258 g/mol. The van der Waals surface area contributed by atoms with E-state index < -0.39 is 0 Å². The van der Waals surface area contributed by atoms with Crippen LogP contribution in [-0.2, 0) is 17.6 Å². The highest BCUT2D eigenvalue weighted by molar-refractivity contribution is 5.83. The first-order valence-corrected chi connectivity index (χ1v) is 7.71. The lowest BCUT2D eigenvalue weighted by molar-refractivity contribution is -0.117. The maximum absolute atomic E-state index is 11.9. The number of Topliss-reactive ketones (excluding diaryl/α,β-unsaturated/α-hetero) is 1. The van der Waals surface area contributed by atoms with Gasteiger partial charge in [0.15, 0.2) is 0 Å². The lowest BCUT2D eigenvalue weighted by Crippen LogP contribution is -2.06. The molecule has 2 heteroatoms. The Morgan fingerprint density at radius 1 is 0.905 bits per heavy atom. The second kappa shape index (κ2) is 11.8. The van der Waals surface area contributed by atoms with E-state index in [9.17, 15) is 4.79 Å². The molecule has 0 radical (unpaired) electrons. The molecule has 2 rings (SSSR count). The zero-order chi connectivity index (χ0) is 16.1. The van der Waals surface area contributed by atoms with Gasteiger partial charge in [-0.05, 0) is 30.2 Å². The van der Waals surface area contributed by atoms with Gasteiger partial charge in [-0.3, -0.25) is 9.78 Å². The van der Waals surface area contributed by atoms with Gasteiger partial charge in [-0.25, -0.2) is 0 Å². The molecule has 1 heterocycles. The minimum Gasteiger partial charge on any atom is -0.299 e. The van der Waals surface area contributed by atoms with Crippen molar-refractivity contribution in [3.63, 3.8) is 0 Å². The number of hydrogen-bond donors (Lipinski definition) is 0. The fourth-order valence-corrected chi connectivity index (χ4v) is 1.83. The predicted octanol–water partition coefficient (Wildman–Crippen LogP) is 4.80. The molecule has 0 saturated carbocycles. The minimum absolute atomic E-state index is 0.238. The van der Waals surface area contributed by atoms with E-state index in [-0.39, 0.29) is 5.78 Å². The third kappa shape index (κ3) is 8.03. The van der Waals surface area contributed by atoms with Crippen molar-refractivity contribution in [1.29, 1.82) is 0 Å². The molecular formula is C19H27NO. The van der Waals surface area contributed by atoms with Gasteiger partial charge in [0, 0.05) is 24.7 Å². The summed E-state index contributed by atoms with van der Waals surface area (Å²) in [5.41, 5.74) is 3.07. The van der Waals surface area contributed by atoms with Crippen LogP contribution in [0, 0.1) is 6.92 Å². The number of carbonyl (C=O) groups excluding carboxylic acids is 1. The molecule has 1 aromatic heterocycles. The highest BCUT2D eigenvalue weighted by Gasteiger charge is 2.05. The Kier molecular flexibility index (Phi) is 10.7. The molecule has 0 amide bonds. The summed E-state index contributed by atoms with van der Waals surface area (Å²) in [5.74, 6) is 0.238. The summed E-state index contributed by atoms with van der Waals surface area (Å²) in [6.45, 7) is 9.94. The normalized spacial score (nSPS) is 8.81. The quantitative estimate of drug-likeness (QED) is 0.808. The van der Waals surface area contributed by atoms with Gasteiger partial charge in [-0.2, -0.15) is 0 Å². The molecule has 21 heavy (non-hydrogen) atoms. The van der Waals surface area contributed by atoms with Gasteiger partial charge in [0.1, 0.15) is 5.78 Å². The Bertz CT molecular complexity index is 506. The third-order valence-electron chi connectivity index (χ3n) is 2.61. The van der Waals surface area contributed by atoms with Crippen LogP contribution < -0.4 is 0 Å². The highest BCUT2D eigenvalue weighted by atomic mass is 16.1. The molecule has 0 fully saturated rings. The summed E-state index contributed by atoms with van der Waals surface area (Å²) in [6.07, 6.45) is 2.74. The van der Waals surface area contributed by atoms with Crippen LogP contribution >= 0.6 is 0 Å². The molecule has 0 N–H and O–H groups in total. The van der Waals surface area contributed by atoms with Crippen LogP contribution in [0.15, 0.2) is 48.7 Å². The molecule has 0 unspecified atom stereocenters. The number of rotatable bonds is 4. The van der Waals surface area contributed by atoms with E-state index in [2.05, 4.69) is 4.98 Å². The van der Waals surface area contributed by atoms with Crippen molar-refractivity contribution in [3.05, 3.63) is 65.5 Å². The second-order valence-corrected chi connectivity index (χ2v) is 4.18. The number of carbonyl (C=O) groups is 1. The Morgan fingerprint density at radius 3 is 2.05 bits per heavy atom. The molecule has 0 atom stereocenters. The van der Waals surface area contributed by atoms with Crippen LogP contribution in [0.3, 0.4) is 0 Å². The van der Waals surface area contributed by atoms with E-state index in [1.54, 1.807) is 6.20 Å². The summed E-state index contributed by atoms with van der Waals surface area (Å²) in [4.78, 5) is 16.0. The smallest absolute Gasteiger partial charge is 0.141 e. The van der Waals surface area contributed by atoms with Gasteiger partial charge in [-0.1, -0.05) is 58.0 Å². The van der Waals surface area contributed by atoms with Crippen LogP contribution in [0.5, 0.6) is 0 Å². The number of benzene rings is 1. The Balaban J connectivity index is 0.000000921. The van der Waals surface area contributed by atoms with E-state index in [0.29, 0.717) is 12.8 Å². The second-order valence-electron chi connectivity index (χ2n) is 4.18. The standard InChI is InChI=1S/C15H15NO.2C2H6/c1-12-9-14(7-8-16-12)11-15(17)10-13-5-3-2-4-6-13;2*1-2/h2-9H,10-11H2,1H3;2*1-2H3. The fraction of sp³-hybridized carbons (Fsp3) is 0.368. The monoisotopic (exact) mass is 285 g/mol. The topological polar surface area (TPSA) is 30.0 Å². The first-order valence-electron chi connectivity index (χ1n) is 7.71. The molecule has 0 aliphatic rings. The Labute approximate surface area is 129 Å². The van der Waals surface area contributed by atoms with Gasteiger partial charge in [-0.15, -0.1) is 0 Å². The molecule has 2 nitrogen and oxygen atoms in total. The first-order chi connectivity index (χ1) is 10.2. The summed E-state index contributed by atoms with van der Waals surface area (Å²) >= 11 is 0. The zero-order valence-electron chi connectivity index (χ0n) is 13.9. The molecule has 0 bridgehead atoms. The van der Waals surface area contributed by atoms with Crippen molar-refractivity contribution in [3.8, 4) is 0 Å². The summed E-state index contributed by atoms with van der Waals surface area (Å²) < 4.78 is 0. The van der Waals surface area contributed by atoms with Crippen molar-refractivity contribution in [2.75, 3.05) is 0 Å². The molecule has 2 aromatic rings. The Morgan fingerprint density at radius 2 is 1.48 bits per heavy atom. The predicted molar refractivity (Wildman–Crippen MR) is 90.5 cm³/mol. The van der Waals surface area contributed by atoms with Crippen molar-refractivity contribution < 1.29 is 4.79 Å². The van der Waals surface area contributed by atoms with Gasteiger partial charge in [0.05, 0.1) is 0 Å².